The van der Waals surface area contributed by atoms with E-state index in [-0.39, 0.29) is 12.3 Å². The Hall–Kier alpha value is -1.60. The first-order valence-corrected chi connectivity index (χ1v) is 5.69. The number of carbonyl (C=O) groups is 2. The molecule has 0 radical (unpaired) electrons. The molecule has 1 amide bonds. The molecule has 0 saturated heterocycles. The highest BCUT2D eigenvalue weighted by Gasteiger charge is 1.98. The van der Waals surface area contributed by atoms with Gasteiger partial charge in [0.15, 0.2) is 0 Å². The van der Waals surface area contributed by atoms with Gasteiger partial charge in [-0.25, -0.2) is 0 Å². The molecule has 0 aromatic rings. The average Bonchev–Trinajstić information content (AvgIpc) is 2.37. The third-order valence-corrected chi connectivity index (χ3v) is 1.63. The molecule has 7 nitrogen and oxygen atoms in total. The Morgan fingerprint density at radius 3 is 2.61 bits per heavy atom. The molecule has 0 fully saturated rings. The van der Waals surface area contributed by atoms with Crippen LogP contribution < -0.4 is 16.8 Å². The third-order valence-electron chi connectivity index (χ3n) is 1.63. The van der Waals surface area contributed by atoms with E-state index >= 15 is 0 Å². The number of rotatable bonds is 9. The fourth-order valence-corrected chi connectivity index (χ4v) is 0.885. The van der Waals surface area contributed by atoms with Gasteiger partial charge in [-0.05, 0) is 26.1 Å². The molecule has 7 heteroatoms. The van der Waals surface area contributed by atoms with Gasteiger partial charge in [-0.3, -0.25) is 9.59 Å². The van der Waals surface area contributed by atoms with Crippen LogP contribution in [-0.4, -0.2) is 43.7 Å². The molecule has 0 heterocycles. The molecule has 0 saturated carbocycles. The fourth-order valence-electron chi connectivity index (χ4n) is 0.885. The molecule has 6 N–H and O–H groups in total. The normalized spacial score (nSPS) is 9.50. The number of carboxylic acids is 1. The van der Waals surface area contributed by atoms with Crippen LogP contribution in [0.25, 0.3) is 0 Å². The number of ether oxygens (including phenoxy) is 1. The summed E-state index contributed by atoms with van der Waals surface area (Å²) in [5.41, 5.74) is 9.75. The molecular weight excluding hydrogens is 238 g/mol. The fraction of sp³-hybridized carbons (Fsp3) is 0.636. The van der Waals surface area contributed by atoms with Crippen LogP contribution in [0.5, 0.6) is 0 Å². The molecule has 0 aromatic heterocycles. The number of aliphatic carboxylic acids is 1. The Morgan fingerprint density at radius 1 is 1.39 bits per heavy atom. The van der Waals surface area contributed by atoms with Crippen LogP contribution >= 0.6 is 0 Å². The zero-order chi connectivity index (χ0) is 14.2. The van der Waals surface area contributed by atoms with Gasteiger partial charge in [0.2, 0.25) is 5.91 Å². The van der Waals surface area contributed by atoms with Gasteiger partial charge in [-0.2, -0.15) is 0 Å². The summed E-state index contributed by atoms with van der Waals surface area (Å²) >= 11 is 0. The van der Waals surface area contributed by atoms with Crippen molar-refractivity contribution in [1.29, 1.82) is 0 Å². The van der Waals surface area contributed by atoms with E-state index in [0.29, 0.717) is 32.5 Å². The van der Waals surface area contributed by atoms with E-state index in [0.717, 1.165) is 0 Å². The molecule has 18 heavy (non-hydrogen) atoms. The number of nitrogens with one attached hydrogen (secondary N) is 1. The lowest BCUT2D eigenvalue weighted by Crippen LogP contribution is -2.27. The zero-order valence-corrected chi connectivity index (χ0v) is 10.7. The van der Waals surface area contributed by atoms with Crippen molar-refractivity contribution in [2.75, 3.05) is 26.7 Å². The van der Waals surface area contributed by atoms with Crippen molar-refractivity contribution >= 4 is 11.9 Å². The summed E-state index contributed by atoms with van der Waals surface area (Å²) in [7, 11) is 1.50. The summed E-state index contributed by atoms with van der Waals surface area (Å²) in [4.78, 5) is 21.2. The van der Waals surface area contributed by atoms with Crippen LogP contribution in [0.3, 0.4) is 0 Å². The lowest BCUT2D eigenvalue weighted by atomic mass is 10.3. The van der Waals surface area contributed by atoms with Crippen LogP contribution in [-0.2, 0) is 14.3 Å². The summed E-state index contributed by atoms with van der Waals surface area (Å²) in [5, 5.41) is 10.9. The highest BCUT2D eigenvalue weighted by Crippen LogP contribution is 1.86. The highest BCUT2D eigenvalue weighted by atomic mass is 16.5. The molecule has 0 spiro atoms. The summed E-state index contributed by atoms with van der Waals surface area (Å²) in [6.45, 7) is 1.23. The lowest BCUT2D eigenvalue weighted by Gasteiger charge is -2.03. The van der Waals surface area contributed by atoms with Gasteiger partial charge in [0, 0.05) is 6.42 Å². The molecular formula is C11H23N3O4. The van der Waals surface area contributed by atoms with E-state index in [1.165, 1.54) is 19.4 Å². The maximum atomic E-state index is 11.1. The molecule has 106 valence electrons. The molecule has 0 unspecified atom stereocenters. The predicted molar refractivity (Wildman–Crippen MR) is 68.8 cm³/mol. The van der Waals surface area contributed by atoms with Gasteiger partial charge in [0.1, 0.15) is 6.61 Å². The second-order valence-electron chi connectivity index (χ2n) is 3.08. The number of nitrogens with two attached hydrogens (primary N) is 2. The first-order chi connectivity index (χ1) is 8.66. The van der Waals surface area contributed by atoms with E-state index in [2.05, 4.69) is 11.1 Å². The second kappa shape index (κ2) is 15.4. The molecule has 0 aliphatic rings. The van der Waals surface area contributed by atoms with Crippen molar-refractivity contribution in [1.82, 2.24) is 5.32 Å². The van der Waals surface area contributed by atoms with E-state index in [4.69, 9.17) is 15.6 Å². The monoisotopic (exact) mass is 261 g/mol. The first-order valence-electron chi connectivity index (χ1n) is 5.69. The van der Waals surface area contributed by atoms with Crippen LogP contribution in [0.2, 0.25) is 0 Å². The molecule has 0 bridgehead atoms. The topological polar surface area (TPSA) is 128 Å². The predicted octanol–water partition coefficient (Wildman–Crippen LogP) is -0.579. The molecule has 0 atom stereocenters. The quantitative estimate of drug-likeness (QED) is 0.325. The molecule has 0 rings (SSSR count). The van der Waals surface area contributed by atoms with Crippen LogP contribution in [0, 0.1) is 0 Å². The number of hydrogen-bond donors (Lipinski definition) is 4. The standard InChI is InChI=1S/C10H18N2O4.CH5N/c11-5-1-3-9(13)12-6-8-16-7-2-4-10(14)15;1-2/h2,7H,1,3-6,8,11H2,(H,12,13)(H,14,15);2H2,1H3/b7-2+;. The van der Waals surface area contributed by atoms with Gasteiger partial charge in [0.25, 0.3) is 0 Å². The Morgan fingerprint density at radius 2 is 2.06 bits per heavy atom. The Balaban J connectivity index is 0. The van der Waals surface area contributed by atoms with Crippen LogP contribution in [0.15, 0.2) is 12.3 Å². The lowest BCUT2D eigenvalue weighted by molar-refractivity contribution is -0.136. The maximum absolute atomic E-state index is 11.1. The zero-order valence-electron chi connectivity index (χ0n) is 10.7. The van der Waals surface area contributed by atoms with E-state index in [9.17, 15) is 9.59 Å². The van der Waals surface area contributed by atoms with Crippen LogP contribution in [0.4, 0.5) is 0 Å². The largest absolute Gasteiger partial charge is 0.500 e. The van der Waals surface area contributed by atoms with Crippen molar-refractivity contribution < 1.29 is 19.4 Å². The van der Waals surface area contributed by atoms with Gasteiger partial charge in [-0.15, -0.1) is 0 Å². The van der Waals surface area contributed by atoms with E-state index in [1.807, 2.05) is 0 Å². The Bertz CT molecular complexity index is 244. The molecule has 0 aromatic carbocycles. The van der Waals surface area contributed by atoms with Gasteiger partial charge in [-0.1, -0.05) is 0 Å². The number of hydrogen-bond acceptors (Lipinski definition) is 5. The van der Waals surface area contributed by atoms with E-state index in [1.54, 1.807) is 0 Å². The number of amides is 1. The number of carbonyl (C=O) groups excluding carboxylic acids is 1. The summed E-state index contributed by atoms with van der Waals surface area (Å²) in [6.07, 6.45) is 3.75. The summed E-state index contributed by atoms with van der Waals surface area (Å²) < 4.78 is 4.96. The van der Waals surface area contributed by atoms with Gasteiger partial charge in [0.05, 0.1) is 19.2 Å². The number of carboxylic acid groups (broad SMARTS) is 1. The third kappa shape index (κ3) is 16.8. The Kier molecular flexibility index (Phi) is 16.0. The second-order valence-corrected chi connectivity index (χ2v) is 3.08. The van der Waals surface area contributed by atoms with Crippen molar-refractivity contribution in [3.8, 4) is 0 Å². The van der Waals surface area contributed by atoms with Gasteiger partial charge >= 0.3 is 5.97 Å². The smallest absolute Gasteiger partial charge is 0.307 e. The van der Waals surface area contributed by atoms with Gasteiger partial charge < -0.3 is 26.6 Å². The van der Waals surface area contributed by atoms with Crippen molar-refractivity contribution in [2.24, 2.45) is 11.5 Å². The van der Waals surface area contributed by atoms with Crippen molar-refractivity contribution in [2.45, 2.75) is 19.3 Å². The minimum Gasteiger partial charge on any atom is -0.500 e. The molecule has 0 aliphatic carbocycles. The van der Waals surface area contributed by atoms with Crippen molar-refractivity contribution in [3.05, 3.63) is 12.3 Å². The minimum atomic E-state index is -0.907. The van der Waals surface area contributed by atoms with Crippen molar-refractivity contribution in [3.63, 3.8) is 0 Å². The van der Waals surface area contributed by atoms with E-state index < -0.39 is 5.97 Å². The Labute approximate surface area is 107 Å². The minimum absolute atomic E-state index is 0.0523. The molecule has 0 aliphatic heterocycles. The highest BCUT2D eigenvalue weighted by molar-refractivity contribution is 5.75. The average molecular weight is 261 g/mol. The SMILES string of the molecule is CN.NCCCC(=O)NCCO/C=C/CC(=O)O. The maximum Gasteiger partial charge on any atom is 0.307 e. The van der Waals surface area contributed by atoms with Crippen LogP contribution in [0.1, 0.15) is 19.3 Å². The summed E-state index contributed by atoms with van der Waals surface area (Å²) in [6, 6.07) is 0. The first kappa shape index (κ1) is 18.8. The summed E-state index contributed by atoms with van der Waals surface area (Å²) in [5.74, 6) is -0.960.